The molecule has 0 unspecified atom stereocenters. The summed E-state index contributed by atoms with van der Waals surface area (Å²) in [6.45, 7) is 2.11. The van der Waals surface area contributed by atoms with Gasteiger partial charge in [0.05, 0.1) is 5.75 Å². The highest BCUT2D eigenvalue weighted by Gasteiger charge is 2.06. The minimum absolute atomic E-state index is 0.0299. The molecule has 14 heavy (non-hydrogen) atoms. The fourth-order valence-electron chi connectivity index (χ4n) is 0.763. The van der Waals surface area contributed by atoms with Gasteiger partial charge < -0.3 is 5.32 Å². The summed E-state index contributed by atoms with van der Waals surface area (Å²) in [4.78, 5) is 4.04. The maximum atomic E-state index is 11.0. The number of nitrogens with one attached hydrogen (secondary N) is 2. The van der Waals surface area contributed by atoms with Gasteiger partial charge in [0.2, 0.25) is 15.2 Å². The Bertz CT molecular complexity index is 386. The van der Waals surface area contributed by atoms with Crippen LogP contribution in [-0.4, -0.2) is 37.1 Å². The lowest BCUT2D eigenvalue weighted by molar-refractivity contribution is 0.588. The fraction of sp³-hybridized carbons (Fsp3) is 0.667. The highest BCUT2D eigenvalue weighted by molar-refractivity contribution is 7.89. The standard InChI is InChI=1S/C6H12N4O2S2/c1-5-9-6(13-10-5)8-3-4-14(11,12)7-2/h7H,3-4H2,1-2H3,(H,8,9,10). The van der Waals surface area contributed by atoms with E-state index in [1.54, 1.807) is 6.92 Å². The molecule has 0 aliphatic rings. The number of rotatable bonds is 5. The van der Waals surface area contributed by atoms with Crippen LogP contribution in [0.25, 0.3) is 0 Å². The predicted octanol–water partition coefficient (Wildman–Crippen LogP) is -0.192. The van der Waals surface area contributed by atoms with Gasteiger partial charge in [-0.15, -0.1) is 0 Å². The molecule has 0 saturated heterocycles. The maximum absolute atomic E-state index is 11.0. The molecule has 0 spiro atoms. The van der Waals surface area contributed by atoms with E-state index in [9.17, 15) is 8.42 Å². The number of hydrogen-bond acceptors (Lipinski definition) is 6. The first-order valence-electron chi connectivity index (χ1n) is 3.99. The molecule has 80 valence electrons. The molecule has 0 aliphatic heterocycles. The molecular formula is C6H12N4O2S2. The molecule has 0 aromatic carbocycles. The van der Waals surface area contributed by atoms with Crippen molar-refractivity contribution in [1.29, 1.82) is 0 Å². The van der Waals surface area contributed by atoms with Gasteiger partial charge in [-0.1, -0.05) is 0 Å². The molecule has 0 radical (unpaired) electrons. The number of aryl methyl sites for hydroxylation is 1. The molecule has 1 aromatic rings. The molecular weight excluding hydrogens is 224 g/mol. The predicted molar refractivity (Wildman–Crippen MR) is 56.0 cm³/mol. The Morgan fingerprint density at radius 2 is 2.21 bits per heavy atom. The van der Waals surface area contributed by atoms with Crippen LogP contribution in [0.4, 0.5) is 5.13 Å². The van der Waals surface area contributed by atoms with Crippen LogP contribution in [0.3, 0.4) is 0 Å². The summed E-state index contributed by atoms with van der Waals surface area (Å²) in [6.07, 6.45) is 0. The minimum Gasteiger partial charge on any atom is -0.359 e. The van der Waals surface area contributed by atoms with Gasteiger partial charge in [0.25, 0.3) is 0 Å². The lowest BCUT2D eigenvalue weighted by Crippen LogP contribution is -2.26. The lowest BCUT2D eigenvalue weighted by atomic mass is 10.7. The van der Waals surface area contributed by atoms with Gasteiger partial charge in [-0.05, 0) is 14.0 Å². The second-order valence-electron chi connectivity index (χ2n) is 2.60. The van der Waals surface area contributed by atoms with Crippen molar-refractivity contribution in [3.05, 3.63) is 5.82 Å². The zero-order valence-corrected chi connectivity index (χ0v) is 9.57. The Morgan fingerprint density at radius 3 is 2.71 bits per heavy atom. The first-order valence-corrected chi connectivity index (χ1v) is 6.41. The lowest BCUT2D eigenvalue weighted by Gasteiger charge is -2.02. The Labute approximate surface area is 87.0 Å². The van der Waals surface area contributed by atoms with Crippen LogP contribution in [0, 0.1) is 6.92 Å². The number of aromatic nitrogens is 2. The van der Waals surface area contributed by atoms with Crippen molar-refractivity contribution in [3.63, 3.8) is 0 Å². The average Bonchev–Trinajstić information content (AvgIpc) is 2.51. The van der Waals surface area contributed by atoms with Crippen molar-refractivity contribution in [3.8, 4) is 0 Å². The van der Waals surface area contributed by atoms with E-state index < -0.39 is 10.0 Å². The zero-order valence-electron chi connectivity index (χ0n) is 7.94. The minimum atomic E-state index is -3.14. The SMILES string of the molecule is CNS(=O)(=O)CCNc1nc(C)ns1. The van der Waals surface area contributed by atoms with Crippen LogP contribution in [0.15, 0.2) is 0 Å². The number of anilines is 1. The molecule has 0 saturated carbocycles. The van der Waals surface area contributed by atoms with Crippen LogP contribution >= 0.6 is 11.5 Å². The summed E-state index contributed by atoms with van der Waals surface area (Å²) in [5, 5.41) is 3.53. The summed E-state index contributed by atoms with van der Waals surface area (Å²) in [7, 11) is -1.75. The van der Waals surface area contributed by atoms with Crippen LogP contribution in [-0.2, 0) is 10.0 Å². The highest BCUT2D eigenvalue weighted by Crippen LogP contribution is 2.08. The monoisotopic (exact) mass is 236 g/mol. The molecule has 0 fully saturated rings. The van der Waals surface area contributed by atoms with Crippen LogP contribution in [0.1, 0.15) is 5.82 Å². The third kappa shape index (κ3) is 3.56. The van der Waals surface area contributed by atoms with Gasteiger partial charge in [0.1, 0.15) is 5.82 Å². The van der Waals surface area contributed by atoms with E-state index in [2.05, 4.69) is 19.4 Å². The smallest absolute Gasteiger partial charge is 0.213 e. The van der Waals surface area contributed by atoms with Gasteiger partial charge in [0.15, 0.2) is 0 Å². The van der Waals surface area contributed by atoms with Gasteiger partial charge in [-0.25, -0.2) is 18.1 Å². The van der Waals surface area contributed by atoms with Crippen molar-refractivity contribution in [2.75, 3.05) is 24.7 Å². The summed E-state index contributed by atoms with van der Waals surface area (Å²) in [6, 6.07) is 0. The van der Waals surface area contributed by atoms with Crippen molar-refractivity contribution < 1.29 is 8.42 Å². The van der Waals surface area contributed by atoms with Crippen molar-refractivity contribution >= 4 is 26.7 Å². The molecule has 2 N–H and O–H groups in total. The van der Waals surface area contributed by atoms with E-state index in [0.29, 0.717) is 17.5 Å². The Kier molecular flexibility index (Phi) is 3.78. The normalized spacial score (nSPS) is 11.6. The Morgan fingerprint density at radius 1 is 1.50 bits per heavy atom. The second-order valence-corrected chi connectivity index (χ2v) is 5.39. The van der Waals surface area contributed by atoms with Crippen molar-refractivity contribution in [1.82, 2.24) is 14.1 Å². The molecule has 0 amide bonds. The van der Waals surface area contributed by atoms with Gasteiger partial charge in [0, 0.05) is 18.1 Å². The summed E-state index contributed by atoms with van der Waals surface area (Å²) < 4.78 is 28.2. The topological polar surface area (TPSA) is 84.0 Å². The Balaban J connectivity index is 2.36. The van der Waals surface area contributed by atoms with Gasteiger partial charge in [-0.3, -0.25) is 0 Å². The number of sulfonamides is 1. The molecule has 0 aliphatic carbocycles. The molecule has 8 heteroatoms. The van der Waals surface area contributed by atoms with Crippen molar-refractivity contribution in [2.24, 2.45) is 0 Å². The summed E-state index contributed by atoms with van der Waals surface area (Å²) >= 11 is 1.22. The fourth-order valence-corrected chi connectivity index (χ4v) is 1.94. The molecule has 1 rings (SSSR count). The first-order chi connectivity index (χ1) is 6.53. The third-order valence-electron chi connectivity index (χ3n) is 1.49. The van der Waals surface area contributed by atoms with Crippen molar-refractivity contribution in [2.45, 2.75) is 6.92 Å². The third-order valence-corrected chi connectivity index (χ3v) is 3.61. The van der Waals surface area contributed by atoms with Crippen LogP contribution in [0.5, 0.6) is 0 Å². The molecule has 0 bridgehead atoms. The van der Waals surface area contributed by atoms with Gasteiger partial charge in [-0.2, -0.15) is 4.37 Å². The highest BCUT2D eigenvalue weighted by atomic mass is 32.2. The Hall–Kier alpha value is -0.730. The summed E-state index contributed by atoms with van der Waals surface area (Å²) in [5.74, 6) is 0.719. The van der Waals surface area contributed by atoms with E-state index in [-0.39, 0.29) is 5.75 Å². The largest absolute Gasteiger partial charge is 0.359 e. The van der Waals surface area contributed by atoms with Crippen LogP contribution in [0.2, 0.25) is 0 Å². The van der Waals surface area contributed by atoms with E-state index in [1.807, 2.05) is 0 Å². The van der Waals surface area contributed by atoms with E-state index in [0.717, 1.165) is 0 Å². The maximum Gasteiger partial charge on any atom is 0.213 e. The quantitative estimate of drug-likeness (QED) is 0.740. The van der Waals surface area contributed by atoms with E-state index in [4.69, 9.17) is 0 Å². The van der Waals surface area contributed by atoms with E-state index in [1.165, 1.54) is 18.6 Å². The number of nitrogens with zero attached hydrogens (tertiary/aromatic N) is 2. The van der Waals surface area contributed by atoms with Gasteiger partial charge >= 0.3 is 0 Å². The van der Waals surface area contributed by atoms with Crippen LogP contribution < -0.4 is 10.0 Å². The second kappa shape index (κ2) is 4.67. The summed E-state index contributed by atoms with van der Waals surface area (Å²) in [5.41, 5.74) is 0. The van der Waals surface area contributed by atoms with E-state index >= 15 is 0 Å². The zero-order chi connectivity index (χ0) is 10.6. The first kappa shape index (κ1) is 11.3. The number of hydrogen-bond donors (Lipinski definition) is 2. The average molecular weight is 236 g/mol. The molecule has 0 atom stereocenters. The molecule has 1 heterocycles. The molecule has 1 aromatic heterocycles. The molecule has 6 nitrogen and oxygen atoms in total.